The molecule has 2 N–H and O–H groups in total. The first kappa shape index (κ1) is 35.8. The molecule has 0 aromatic carbocycles. The number of cyclic esters (lactones) is 1. The average Bonchev–Trinajstić information content (AvgIpc) is 3.67. The van der Waals surface area contributed by atoms with E-state index in [1.165, 1.54) is 26.4 Å². The van der Waals surface area contributed by atoms with Crippen molar-refractivity contribution in [3.05, 3.63) is 24.2 Å². The molecule has 4 aliphatic carbocycles. The Hall–Kier alpha value is -3.98. The maximum atomic E-state index is 13.7. The van der Waals surface area contributed by atoms with Crippen LogP contribution < -0.4 is 0 Å². The van der Waals surface area contributed by atoms with Crippen LogP contribution in [0.25, 0.3) is 0 Å². The molecular formula is C35H44O15. The van der Waals surface area contributed by atoms with Gasteiger partial charge in [-0.25, -0.2) is 4.79 Å². The van der Waals surface area contributed by atoms with Crippen LogP contribution in [0.2, 0.25) is 0 Å². The average molecular weight is 705 g/mol. The molecule has 4 saturated carbocycles. The Morgan fingerprint density at radius 3 is 2.08 bits per heavy atom. The normalized spacial score (nSPS) is 44.5. The number of fused-ring (bicyclic) bond motifs is 5. The summed E-state index contributed by atoms with van der Waals surface area (Å²) in [4.78, 5) is 78.7. The molecule has 2 heterocycles. The third-order valence-electron chi connectivity index (χ3n) is 13.0. The summed E-state index contributed by atoms with van der Waals surface area (Å²) in [5.41, 5.74) is -7.89. The number of ether oxygens (including phenoxy) is 6. The Morgan fingerprint density at radius 2 is 1.54 bits per heavy atom. The second kappa shape index (κ2) is 11.5. The minimum absolute atomic E-state index is 0.0817. The lowest BCUT2D eigenvalue weighted by molar-refractivity contribution is -0.369. The molecular weight excluding hydrogens is 660 g/mol. The Kier molecular flexibility index (Phi) is 8.26. The van der Waals surface area contributed by atoms with Crippen molar-refractivity contribution in [1.82, 2.24) is 0 Å². The highest BCUT2D eigenvalue weighted by atomic mass is 16.6. The van der Waals surface area contributed by atoms with E-state index in [1.807, 2.05) is 0 Å². The van der Waals surface area contributed by atoms with Gasteiger partial charge in [0.2, 0.25) is 0 Å². The fraction of sp³-hybridized carbons (Fsp3) is 0.714. The van der Waals surface area contributed by atoms with Gasteiger partial charge in [0.25, 0.3) is 0 Å². The van der Waals surface area contributed by atoms with Gasteiger partial charge in [-0.15, -0.1) is 0 Å². The molecule has 274 valence electrons. The van der Waals surface area contributed by atoms with E-state index in [4.69, 9.17) is 32.8 Å². The Balaban J connectivity index is 1.71. The highest BCUT2D eigenvalue weighted by Crippen LogP contribution is 2.82. The first-order valence-electron chi connectivity index (χ1n) is 16.7. The number of aliphatic hydroxyl groups excluding tert-OH is 1. The predicted octanol–water partition coefficient (Wildman–Crippen LogP) is 1.95. The summed E-state index contributed by atoms with van der Waals surface area (Å²) < 4.78 is 40.7. The van der Waals surface area contributed by atoms with Crippen LogP contribution >= 0.6 is 0 Å². The molecule has 0 amide bonds. The predicted molar refractivity (Wildman–Crippen MR) is 164 cm³/mol. The molecule has 15 nitrogen and oxygen atoms in total. The van der Waals surface area contributed by atoms with Gasteiger partial charge >= 0.3 is 35.8 Å². The SMILES string of the molecule is COC(=O)[C@@H](O)[C@H]1[C@@]2(C)C[C@]3(OC(C)=O)[C@H]([C@H]2OC(C)=O)[C@@H](OC(C)=O)[C@]2(O)[C@@H]4CC(=O)O[C@@H](c5ccoc5)[C@]4(C)[C@@H](OC(C)=O)C[C@@H]2[C@]13C. The second-order valence-corrected chi connectivity index (χ2v) is 15.3. The van der Waals surface area contributed by atoms with Crippen molar-refractivity contribution in [1.29, 1.82) is 0 Å². The lowest BCUT2D eigenvalue weighted by Gasteiger charge is -2.73. The van der Waals surface area contributed by atoms with Crippen LogP contribution in [0.15, 0.2) is 23.0 Å². The lowest BCUT2D eigenvalue weighted by Crippen LogP contribution is -2.83. The van der Waals surface area contributed by atoms with Crippen LogP contribution in [0.3, 0.4) is 0 Å². The molecule has 5 fully saturated rings. The Bertz CT molecular complexity index is 1620. The molecule has 50 heavy (non-hydrogen) atoms. The second-order valence-electron chi connectivity index (χ2n) is 15.3. The molecule has 0 radical (unpaired) electrons. The zero-order valence-electron chi connectivity index (χ0n) is 29.3. The molecule has 1 aromatic rings. The summed E-state index contributed by atoms with van der Waals surface area (Å²) in [6.07, 6.45) is -4.92. The molecule has 0 spiro atoms. The van der Waals surface area contributed by atoms with E-state index < -0.39 is 124 Å². The number of methoxy groups -OCH3 is 1. The monoisotopic (exact) mass is 704 g/mol. The molecule has 5 aliphatic rings. The summed E-state index contributed by atoms with van der Waals surface area (Å²) in [5, 5.41) is 25.6. The minimum Gasteiger partial charge on any atom is -0.472 e. The van der Waals surface area contributed by atoms with Crippen molar-refractivity contribution in [2.45, 2.75) is 109 Å². The van der Waals surface area contributed by atoms with E-state index in [-0.39, 0.29) is 12.8 Å². The van der Waals surface area contributed by atoms with Gasteiger partial charge in [0, 0.05) is 61.8 Å². The summed E-state index contributed by atoms with van der Waals surface area (Å²) in [6, 6.07) is 1.58. The maximum absolute atomic E-state index is 13.7. The number of carbonyl (C=O) groups excluding carboxylic acids is 6. The van der Waals surface area contributed by atoms with Crippen molar-refractivity contribution in [3.63, 3.8) is 0 Å². The van der Waals surface area contributed by atoms with Gasteiger partial charge in [0.15, 0.2) is 6.10 Å². The number of carbonyl (C=O) groups is 6. The van der Waals surface area contributed by atoms with Crippen molar-refractivity contribution < 1.29 is 71.8 Å². The van der Waals surface area contributed by atoms with Crippen LogP contribution in [-0.4, -0.2) is 88.8 Å². The molecule has 0 unspecified atom stereocenters. The smallest absolute Gasteiger partial charge is 0.335 e. The van der Waals surface area contributed by atoms with Gasteiger partial charge < -0.3 is 43.1 Å². The summed E-state index contributed by atoms with van der Waals surface area (Å²) in [7, 11) is 1.10. The number of esters is 6. The van der Waals surface area contributed by atoms with Crippen molar-refractivity contribution >= 4 is 35.8 Å². The third-order valence-corrected chi connectivity index (χ3v) is 13.0. The number of hydrogen-bond donors (Lipinski definition) is 2. The van der Waals surface area contributed by atoms with Gasteiger partial charge in [0.1, 0.15) is 35.6 Å². The largest absolute Gasteiger partial charge is 0.472 e. The Labute approximate surface area is 288 Å². The first-order valence-corrected chi connectivity index (χ1v) is 16.7. The van der Waals surface area contributed by atoms with E-state index in [0.29, 0.717) is 5.56 Å². The van der Waals surface area contributed by atoms with E-state index in [9.17, 15) is 39.0 Å². The molecule has 6 rings (SSSR count). The highest BCUT2D eigenvalue weighted by molar-refractivity contribution is 5.76. The van der Waals surface area contributed by atoms with Crippen molar-refractivity contribution in [2.24, 2.45) is 39.9 Å². The fourth-order valence-corrected chi connectivity index (χ4v) is 11.8. The fourth-order valence-electron chi connectivity index (χ4n) is 11.8. The van der Waals surface area contributed by atoms with Crippen molar-refractivity contribution in [2.75, 3.05) is 7.11 Å². The lowest BCUT2D eigenvalue weighted by atomic mass is 9.35. The van der Waals surface area contributed by atoms with Crippen LogP contribution in [-0.2, 0) is 57.2 Å². The van der Waals surface area contributed by atoms with Gasteiger partial charge in [-0.2, -0.15) is 0 Å². The molecule has 15 heteroatoms. The van der Waals surface area contributed by atoms with E-state index in [0.717, 1.165) is 21.0 Å². The van der Waals surface area contributed by atoms with Crippen molar-refractivity contribution in [3.8, 4) is 0 Å². The highest BCUT2D eigenvalue weighted by Gasteiger charge is 2.91. The number of furan rings is 1. The summed E-state index contributed by atoms with van der Waals surface area (Å²) >= 11 is 0. The van der Waals surface area contributed by atoms with Crippen LogP contribution in [0, 0.1) is 39.9 Å². The first-order chi connectivity index (χ1) is 23.2. The van der Waals surface area contributed by atoms with E-state index in [1.54, 1.807) is 26.8 Å². The molecule has 2 bridgehead atoms. The maximum Gasteiger partial charge on any atom is 0.335 e. The zero-order valence-corrected chi connectivity index (χ0v) is 29.3. The molecule has 1 aliphatic heterocycles. The topological polar surface area (TPSA) is 211 Å². The molecule has 14 atom stereocenters. The van der Waals surface area contributed by atoms with E-state index >= 15 is 0 Å². The van der Waals surface area contributed by atoms with Gasteiger partial charge in [-0.05, 0) is 18.9 Å². The van der Waals surface area contributed by atoms with Crippen LogP contribution in [0.1, 0.15) is 79.4 Å². The standard InChI is InChI=1S/C35H44O15/c1-15(36)46-22-11-21-33(7)26(25(41)30(42)44-8)31(5)14-34(33,50-18(4)39)24(28(31)47-16(2)37)29(48-17(3)38)35(21,43)20-12-23(40)49-27(32(20,22)6)19-9-10-45-13-19/h9-10,13,20-22,24-29,41,43H,11-12,14H2,1-8H3/t20-,21-,22+,24-,25+,26+,27+,28-,29-,31-,32+,33-,34+,35+/m1/s1. The number of hydrogen-bond acceptors (Lipinski definition) is 15. The number of aliphatic hydroxyl groups is 2. The van der Waals surface area contributed by atoms with Crippen LogP contribution in [0.5, 0.6) is 0 Å². The van der Waals surface area contributed by atoms with Gasteiger partial charge in [0.05, 0.1) is 37.4 Å². The Morgan fingerprint density at radius 1 is 0.920 bits per heavy atom. The minimum atomic E-state index is -2.24. The summed E-state index contributed by atoms with van der Waals surface area (Å²) in [5.74, 6) is -9.62. The van der Waals surface area contributed by atoms with Gasteiger partial charge in [-0.3, -0.25) is 24.0 Å². The van der Waals surface area contributed by atoms with E-state index in [2.05, 4.69) is 0 Å². The quantitative estimate of drug-likeness (QED) is 0.307. The van der Waals surface area contributed by atoms with Crippen LogP contribution in [0.4, 0.5) is 0 Å². The summed E-state index contributed by atoms with van der Waals surface area (Å²) in [6.45, 7) is 9.73. The molecule has 1 saturated heterocycles. The zero-order chi connectivity index (χ0) is 36.9. The molecule has 1 aromatic heterocycles. The van der Waals surface area contributed by atoms with Gasteiger partial charge in [-0.1, -0.05) is 20.8 Å². The number of rotatable bonds is 7. The third kappa shape index (κ3) is 4.47.